The van der Waals surface area contributed by atoms with Crippen molar-refractivity contribution in [2.75, 3.05) is 13.1 Å². The number of likely N-dealkylation sites (tertiary alicyclic amines) is 1. The van der Waals surface area contributed by atoms with E-state index in [1.54, 1.807) is 6.20 Å². The average Bonchev–Trinajstić information content (AvgIpc) is 3.34. The number of rotatable bonds is 3. The Balaban J connectivity index is 1.59. The van der Waals surface area contributed by atoms with Gasteiger partial charge < -0.3 is 9.47 Å². The minimum Gasteiger partial charge on any atom is -0.335 e. The average molecular weight is 336 g/mol. The quantitative estimate of drug-likeness (QED) is 0.796. The van der Waals surface area contributed by atoms with E-state index in [1.165, 1.54) is 0 Å². The molecule has 0 bridgehead atoms. The third-order valence-electron chi connectivity index (χ3n) is 4.91. The van der Waals surface area contributed by atoms with Crippen molar-refractivity contribution in [2.24, 2.45) is 5.92 Å². The molecular formula is C18H20N6O. The van der Waals surface area contributed by atoms with Gasteiger partial charge in [0.25, 0.3) is 5.91 Å². The smallest absolute Gasteiger partial charge is 0.276 e. The lowest BCUT2D eigenvalue weighted by Gasteiger charge is -2.37. The number of nitrogens with zero attached hydrogens (tertiary/aromatic N) is 5. The van der Waals surface area contributed by atoms with Crippen LogP contribution in [0.2, 0.25) is 0 Å². The van der Waals surface area contributed by atoms with Gasteiger partial charge in [0.15, 0.2) is 5.69 Å². The molecule has 7 heteroatoms. The maximum absolute atomic E-state index is 13.1. The Morgan fingerprint density at radius 2 is 2.08 bits per heavy atom. The van der Waals surface area contributed by atoms with Crippen molar-refractivity contribution < 1.29 is 4.79 Å². The molecular weight excluding hydrogens is 316 g/mol. The molecule has 2 unspecified atom stereocenters. The summed E-state index contributed by atoms with van der Waals surface area (Å²) in [5.74, 6) is 0.411. The zero-order chi connectivity index (χ0) is 17.2. The van der Waals surface area contributed by atoms with Gasteiger partial charge in [-0.2, -0.15) is 15.4 Å². The normalized spacial score (nSPS) is 20.6. The number of carbonyl (C=O) groups is 1. The summed E-state index contributed by atoms with van der Waals surface area (Å²) in [6.07, 6.45) is 6.51. The number of imidazole rings is 1. The first-order valence-electron chi connectivity index (χ1n) is 8.47. The minimum absolute atomic E-state index is 0.0791. The van der Waals surface area contributed by atoms with Crippen molar-refractivity contribution in [3.63, 3.8) is 0 Å². The molecule has 7 nitrogen and oxygen atoms in total. The molecule has 2 atom stereocenters. The summed E-state index contributed by atoms with van der Waals surface area (Å²) < 4.78 is 2.09. The van der Waals surface area contributed by atoms with E-state index in [0.717, 1.165) is 18.5 Å². The topological polar surface area (TPSA) is 79.7 Å². The molecule has 1 fully saturated rings. The lowest BCUT2D eigenvalue weighted by atomic mass is 9.93. The van der Waals surface area contributed by atoms with Gasteiger partial charge in [0.05, 0.1) is 12.4 Å². The number of nitrogens with one attached hydrogen (secondary N) is 1. The highest BCUT2D eigenvalue weighted by Crippen LogP contribution is 2.29. The first-order valence-corrected chi connectivity index (χ1v) is 8.47. The van der Waals surface area contributed by atoms with E-state index in [0.29, 0.717) is 23.9 Å². The van der Waals surface area contributed by atoms with Crippen molar-refractivity contribution in [1.82, 2.24) is 29.9 Å². The lowest BCUT2D eigenvalue weighted by Crippen LogP contribution is -2.44. The van der Waals surface area contributed by atoms with Crippen LogP contribution in [0.1, 0.15) is 29.9 Å². The van der Waals surface area contributed by atoms with Gasteiger partial charge >= 0.3 is 0 Å². The molecule has 1 amide bonds. The number of hydrogen-bond donors (Lipinski definition) is 1. The second kappa shape index (κ2) is 6.51. The summed E-state index contributed by atoms with van der Waals surface area (Å²) in [4.78, 5) is 19.1. The summed E-state index contributed by atoms with van der Waals surface area (Å²) in [7, 11) is 0. The molecule has 0 aliphatic carbocycles. The Morgan fingerprint density at radius 1 is 1.24 bits per heavy atom. The van der Waals surface area contributed by atoms with Gasteiger partial charge in [0.2, 0.25) is 0 Å². The molecule has 4 rings (SSSR count). The standard InChI is InChI=1S/C18H20N6O/c1-13-7-9-23(11-15(13)24-10-8-19-12-24)18(25)17-16(20-22-21-17)14-5-3-2-4-6-14/h2-6,8,10,12-13,15H,7,9,11H2,1H3,(H,20,21,22). The first-order chi connectivity index (χ1) is 12.2. The van der Waals surface area contributed by atoms with Crippen LogP contribution in [0.3, 0.4) is 0 Å². The highest BCUT2D eigenvalue weighted by molar-refractivity contribution is 5.97. The van der Waals surface area contributed by atoms with Crippen molar-refractivity contribution in [1.29, 1.82) is 0 Å². The second-order valence-corrected chi connectivity index (χ2v) is 6.48. The van der Waals surface area contributed by atoms with Gasteiger partial charge in [0, 0.05) is 31.0 Å². The Hall–Kier alpha value is -2.96. The van der Waals surface area contributed by atoms with Crippen molar-refractivity contribution in [3.8, 4) is 11.3 Å². The van der Waals surface area contributed by atoms with Crippen LogP contribution in [-0.4, -0.2) is 48.9 Å². The molecule has 0 spiro atoms. The molecule has 1 N–H and O–H groups in total. The van der Waals surface area contributed by atoms with Crippen molar-refractivity contribution in [3.05, 3.63) is 54.7 Å². The molecule has 3 heterocycles. The number of carbonyl (C=O) groups excluding carboxylic acids is 1. The van der Waals surface area contributed by atoms with Crippen LogP contribution in [-0.2, 0) is 0 Å². The van der Waals surface area contributed by atoms with Gasteiger partial charge in [-0.15, -0.1) is 0 Å². The van der Waals surface area contributed by atoms with Crippen LogP contribution in [0, 0.1) is 5.92 Å². The maximum Gasteiger partial charge on any atom is 0.276 e. The number of hydrogen-bond acceptors (Lipinski definition) is 4. The van der Waals surface area contributed by atoms with E-state index in [4.69, 9.17) is 0 Å². The predicted molar refractivity (Wildman–Crippen MR) is 92.8 cm³/mol. The molecule has 2 aromatic heterocycles. The molecule has 1 aliphatic rings. The Kier molecular flexibility index (Phi) is 4.05. The zero-order valence-corrected chi connectivity index (χ0v) is 14.0. The fraction of sp³-hybridized carbons (Fsp3) is 0.333. The molecule has 128 valence electrons. The number of amides is 1. The summed E-state index contributed by atoms with van der Waals surface area (Å²) in [5, 5.41) is 10.9. The van der Waals surface area contributed by atoms with Gasteiger partial charge in [-0.1, -0.05) is 37.3 Å². The van der Waals surface area contributed by atoms with Gasteiger partial charge in [-0.3, -0.25) is 4.79 Å². The highest BCUT2D eigenvalue weighted by Gasteiger charge is 2.32. The SMILES string of the molecule is CC1CCN(C(=O)c2n[nH]nc2-c2ccccc2)CC1n1ccnc1. The fourth-order valence-electron chi connectivity index (χ4n) is 3.41. The minimum atomic E-state index is -0.0791. The van der Waals surface area contributed by atoms with Crippen LogP contribution < -0.4 is 0 Å². The highest BCUT2D eigenvalue weighted by atomic mass is 16.2. The molecule has 1 aromatic carbocycles. The Bertz CT molecular complexity index is 842. The number of benzene rings is 1. The zero-order valence-electron chi connectivity index (χ0n) is 14.0. The van der Waals surface area contributed by atoms with Crippen LogP contribution >= 0.6 is 0 Å². The third kappa shape index (κ3) is 2.93. The van der Waals surface area contributed by atoms with E-state index in [-0.39, 0.29) is 11.9 Å². The van der Waals surface area contributed by atoms with Crippen LogP contribution in [0.25, 0.3) is 11.3 Å². The summed E-state index contributed by atoms with van der Waals surface area (Å²) >= 11 is 0. The van der Waals surface area contributed by atoms with E-state index in [2.05, 4.69) is 31.9 Å². The monoisotopic (exact) mass is 336 g/mol. The number of aromatic amines is 1. The third-order valence-corrected chi connectivity index (χ3v) is 4.91. The van der Waals surface area contributed by atoms with Crippen molar-refractivity contribution >= 4 is 5.91 Å². The van der Waals surface area contributed by atoms with E-state index in [1.807, 2.05) is 47.8 Å². The fourth-order valence-corrected chi connectivity index (χ4v) is 3.41. The summed E-state index contributed by atoms with van der Waals surface area (Å²) in [6, 6.07) is 9.88. The first kappa shape index (κ1) is 15.6. The van der Waals surface area contributed by atoms with Crippen molar-refractivity contribution in [2.45, 2.75) is 19.4 Å². The summed E-state index contributed by atoms with van der Waals surface area (Å²) in [6.45, 7) is 3.60. The molecule has 3 aromatic rings. The Labute approximate surface area is 145 Å². The van der Waals surface area contributed by atoms with E-state index in [9.17, 15) is 4.79 Å². The molecule has 0 saturated carbocycles. The van der Waals surface area contributed by atoms with Crippen LogP contribution in [0.5, 0.6) is 0 Å². The molecule has 0 radical (unpaired) electrons. The van der Waals surface area contributed by atoms with Crippen LogP contribution in [0.4, 0.5) is 0 Å². The number of aromatic nitrogens is 5. The Morgan fingerprint density at radius 3 is 2.84 bits per heavy atom. The summed E-state index contributed by atoms with van der Waals surface area (Å²) in [5.41, 5.74) is 1.87. The maximum atomic E-state index is 13.1. The van der Waals surface area contributed by atoms with E-state index >= 15 is 0 Å². The van der Waals surface area contributed by atoms with Gasteiger partial charge in [0.1, 0.15) is 5.69 Å². The van der Waals surface area contributed by atoms with Gasteiger partial charge in [-0.25, -0.2) is 4.98 Å². The van der Waals surface area contributed by atoms with Crippen LogP contribution in [0.15, 0.2) is 49.1 Å². The molecule has 1 saturated heterocycles. The number of piperidine rings is 1. The number of H-pyrrole nitrogens is 1. The van der Waals surface area contributed by atoms with Gasteiger partial charge in [-0.05, 0) is 12.3 Å². The molecule has 25 heavy (non-hydrogen) atoms. The lowest BCUT2D eigenvalue weighted by molar-refractivity contribution is 0.0616. The largest absolute Gasteiger partial charge is 0.335 e. The second-order valence-electron chi connectivity index (χ2n) is 6.48. The molecule has 1 aliphatic heterocycles. The van der Waals surface area contributed by atoms with E-state index < -0.39 is 0 Å². The predicted octanol–water partition coefficient (Wildman–Crippen LogP) is 2.39.